The van der Waals surface area contributed by atoms with Crippen LogP contribution in [0.15, 0.2) is 79.0 Å². The van der Waals surface area contributed by atoms with Gasteiger partial charge in [-0.2, -0.15) is 0 Å². The molecule has 3 aromatic rings. The molecule has 3 heterocycles. The van der Waals surface area contributed by atoms with Gasteiger partial charge in [0.05, 0.1) is 33.4 Å². The normalized spacial score (nSPS) is 23.2. The fraction of sp³-hybridized carbons (Fsp3) is 0.148. The van der Waals surface area contributed by atoms with Crippen LogP contribution in [0.2, 0.25) is 0 Å². The molecule has 0 saturated carbocycles. The van der Waals surface area contributed by atoms with E-state index in [0.29, 0.717) is 0 Å². The van der Waals surface area contributed by atoms with Crippen molar-refractivity contribution in [2.45, 2.75) is 12.1 Å². The number of amides is 2. The van der Waals surface area contributed by atoms with Gasteiger partial charge in [-0.25, -0.2) is 4.90 Å². The van der Waals surface area contributed by atoms with Crippen molar-refractivity contribution in [3.05, 3.63) is 116 Å². The Balaban J connectivity index is 1.49. The van der Waals surface area contributed by atoms with Crippen molar-refractivity contribution in [1.29, 1.82) is 0 Å². The maximum Gasteiger partial charge on any atom is 0.271 e. The molecule has 38 heavy (non-hydrogen) atoms. The van der Waals surface area contributed by atoms with E-state index in [9.17, 15) is 34.6 Å². The predicted octanol–water partition coefficient (Wildman–Crippen LogP) is 3.90. The summed E-state index contributed by atoms with van der Waals surface area (Å²) >= 11 is 0. The van der Waals surface area contributed by atoms with Crippen molar-refractivity contribution in [1.82, 2.24) is 4.90 Å². The maximum atomic E-state index is 13.9. The Bertz CT molecular complexity index is 1600. The van der Waals surface area contributed by atoms with Crippen LogP contribution in [-0.4, -0.2) is 38.4 Å². The maximum absolute atomic E-state index is 13.9. The predicted molar refractivity (Wildman–Crippen MR) is 134 cm³/mol. The number of nitrogens with zero attached hydrogens (tertiary/aromatic N) is 4. The molecule has 2 fully saturated rings. The van der Waals surface area contributed by atoms with E-state index in [4.69, 9.17) is 0 Å². The van der Waals surface area contributed by atoms with Crippen LogP contribution in [0.4, 0.5) is 17.1 Å². The standard InChI is InChI=1S/C27H18N4O7/c32-25(16-6-3-8-18(13-16)30(35)36)24-22-21(23-20-10-2-1-5-15(20)11-12-28(23)24)26(33)29(27(22)34)17-7-4-9-19(14-17)31(37)38/h1-14,21-24H/t21-,22+,23+,24-/m0/s1. The molecule has 11 heteroatoms. The lowest BCUT2D eigenvalue weighted by atomic mass is 9.83. The number of non-ortho nitro benzene ring substituents is 2. The number of fused-ring (bicyclic) bond motifs is 5. The second-order valence-corrected chi connectivity index (χ2v) is 9.29. The molecule has 3 aliphatic heterocycles. The van der Waals surface area contributed by atoms with Crippen molar-refractivity contribution in [3.8, 4) is 0 Å². The van der Waals surface area contributed by atoms with Crippen molar-refractivity contribution in [2.75, 3.05) is 4.90 Å². The molecule has 0 N–H and O–H groups in total. The van der Waals surface area contributed by atoms with E-state index in [2.05, 4.69) is 0 Å². The van der Waals surface area contributed by atoms with Crippen molar-refractivity contribution in [3.63, 3.8) is 0 Å². The lowest BCUT2D eigenvalue weighted by Crippen LogP contribution is -2.44. The summed E-state index contributed by atoms with van der Waals surface area (Å²) in [6, 6.07) is 16.1. The fourth-order valence-electron chi connectivity index (χ4n) is 5.80. The molecule has 0 spiro atoms. The van der Waals surface area contributed by atoms with Gasteiger partial charge in [0.2, 0.25) is 11.8 Å². The minimum absolute atomic E-state index is 0.0462. The molecule has 188 valence electrons. The van der Waals surface area contributed by atoms with E-state index < -0.39 is 51.4 Å². The second-order valence-electron chi connectivity index (χ2n) is 9.29. The molecule has 2 saturated heterocycles. The number of ketones is 1. The van der Waals surface area contributed by atoms with Gasteiger partial charge >= 0.3 is 0 Å². The van der Waals surface area contributed by atoms with Crippen LogP contribution in [0, 0.1) is 32.1 Å². The number of benzene rings is 3. The molecule has 4 atom stereocenters. The highest BCUT2D eigenvalue weighted by Gasteiger charge is 2.64. The number of rotatable bonds is 5. The molecule has 2 amide bonds. The number of hydrogen-bond acceptors (Lipinski definition) is 8. The number of carbonyl (C=O) groups excluding carboxylic acids is 3. The van der Waals surface area contributed by atoms with E-state index in [1.54, 1.807) is 23.2 Å². The Kier molecular flexibility index (Phi) is 5.16. The number of anilines is 1. The third kappa shape index (κ3) is 3.32. The summed E-state index contributed by atoms with van der Waals surface area (Å²) in [5.41, 5.74) is 1.15. The van der Waals surface area contributed by atoms with Crippen LogP contribution < -0.4 is 4.90 Å². The Morgan fingerprint density at radius 3 is 2.18 bits per heavy atom. The van der Waals surface area contributed by atoms with Gasteiger partial charge in [-0.05, 0) is 23.3 Å². The highest BCUT2D eigenvalue weighted by atomic mass is 16.6. The van der Waals surface area contributed by atoms with Gasteiger partial charge in [0.1, 0.15) is 6.04 Å². The topological polar surface area (TPSA) is 144 Å². The average molecular weight is 510 g/mol. The zero-order valence-electron chi connectivity index (χ0n) is 19.5. The third-order valence-electron chi connectivity index (χ3n) is 7.37. The van der Waals surface area contributed by atoms with Crippen LogP contribution in [0.5, 0.6) is 0 Å². The summed E-state index contributed by atoms with van der Waals surface area (Å²) in [6.07, 6.45) is 3.48. The Labute approximate surface area is 214 Å². The zero-order chi connectivity index (χ0) is 26.7. The summed E-state index contributed by atoms with van der Waals surface area (Å²) in [5, 5.41) is 22.7. The van der Waals surface area contributed by atoms with Crippen LogP contribution in [0.1, 0.15) is 27.5 Å². The Morgan fingerprint density at radius 2 is 1.45 bits per heavy atom. The smallest absolute Gasteiger partial charge is 0.271 e. The van der Waals surface area contributed by atoms with Crippen LogP contribution in [0.25, 0.3) is 6.08 Å². The highest BCUT2D eigenvalue weighted by molar-refractivity contribution is 6.24. The van der Waals surface area contributed by atoms with Crippen LogP contribution in [-0.2, 0) is 9.59 Å². The third-order valence-corrected chi connectivity index (χ3v) is 7.37. The minimum atomic E-state index is -1.11. The molecule has 0 aromatic heterocycles. The molecule has 3 aliphatic rings. The summed E-state index contributed by atoms with van der Waals surface area (Å²) in [7, 11) is 0. The van der Waals surface area contributed by atoms with Crippen molar-refractivity contribution < 1.29 is 24.2 Å². The first kappa shape index (κ1) is 23.2. The van der Waals surface area contributed by atoms with E-state index in [1.807, 2.05) is 18.2 Å². The first-order valence-electron chi connectivity index (χ1n) is 11.7. The van der Waals surface area contributed by atoms with Gasteiger partial charge in [-0.15, -0.1) is 0 Å². The average Bonchev–Trinajstić information content (AvgIpc) is 3.40. The molecule has 0 aliphatic carbocycles. The number of imide groups is 1. The highest BCUT2D eigenvalue weighted by Crippen LogP contribution is 2.53. The number of nitro groups is 2. The molecule has 6 rings (SSSR count). The van der Waals surface area contributed by atoms with E-state index in [-0.39, 0.29) is 22.6 Å². The van der Waals surface area contributed by atoms with Gasteiger partial charge in [-0.3, -0.25) is 34.6 Å². The molecular weight excluding hydrogens is 492 g/mol. The second kappa shape index (κ2) is 8.44. The fourth-order valence-corrected chi connectivity index (χ4v) is 5.80. The lowest BCUT2D eigenvalue weighted by Gasteiger charge is -2.35. The first-order valence-corrected chi connectivity index (χ1v) is 11.7. The molecule has 11 nitrogen and oxygen atoms in total. The van der Waals surface area contributed by atoms with Crippen molar-refractivity contribution in [2.24, 2.45) is 11.8 Å². The number of nitro benzene ring substituents is 2. The molecule has 0 bridgehead atoms. The van der Waals surface area contributed by atoms with Gasteiger partial charge < -0.3 is 4.90 Å². The Hall–Kier alpha value is -5.19. The molecular formula is C27H18N4O7. The van der Waals surface area contributed by atoms with Crippen LogP contribution in [0.3, 0.4) is 0 Å². The zero-order valence-corrected chi connectivity index (χ0v) is 19.5. The summed E-state index contributed by atoms with van der Waals surface area (Å²) < 4.78 is 0. The monoisotopic (exact) mass is 510 g/mol. The molecule has 3 aromatic carbocycles. The number of carbonyl (C=O) groups is 3. The summed E-state index contributed by atoms with van der Waals surface area (Å²) in [5.74, 6) is -3.79. The van der Waals surface area contributed by atoms with E-state index in [0.717, 1.165) is 28.2 Å². The van der Waals surface area contributed by atoms with Gasteiger partial charge in [0.15, 0.2) is 5.78 Å². The summed E-state index contributed by atoms with van der Waals surface area (Å²) in [4.78, 5) is 65.7. The largest absolute Gasteiger partial charge is 0.358 e. The first-order chi connectivity index (χ1) is 18.3. The quantitative estimate of drug-likeness (QED) is 0.218. The molecule has 0 radical (unpaired) electrons. The number of Topliss-reactive ketones (excluding diaryl/α,β-unsaturated/α-hetero) is 1. The van der Waals surface area contributed by atoms with Gasteiger partial charge in [0, 0.05) is 36.0 Å². The van der Waals surface area contributed by atoms with E-state index in [1.165, 1.54) is 36.4 Å². The van der Waals surface area contributed by atoms with Crippen LogP contribution >= 0.6 is 0 Å². The van der Waals surface area contributed by atoms with Gasteiger partial charge in [0.25, 0.3) is 11.4 Å². The van der Waals surface area contributed by atoms with Gasteiger partial charge in [-0.1, -0.05) is 42.5 Å². The number of hydrogen-bond donors (Lipinski definition) is 0. The van der Waals surface area contributed by atoms with Crippen molar-refractivity contribution >= 4 is 40.7 Å². The van der Waals surface area contributed by atoms with E-state index >= 15 is 0 Å². The lowest BCUT2D eigenvalue weighted by molar-refractivity contribution is -0.385. The molecule has 0 unspecified atom stereocenters. The Morgan fingerprint density at radius 1 is 0.789 bits per heavy atom. The summed E-state index contributed by atoms with van der Waals surface area (Å²) in [6.45, 7) is 0. The minimum Gasteiger partial charge on any atom is -0.358 e. The SMILES string of the molecule is O=C(c1cccc([N+](=O)[O-])c1)[C@@H]1[C@@H]2C(=O)N(c3cccc([N+](=O)[O-])c3)C(=O)[C@@H]2[C@H]2c3ccccc3C=CN12.